The zero-order valence-electron chi connectivity index (χ0n) is 10.1. The fraction of sp³-hybridized carbons (Fsp3) is 0.143. The Bertz CT molecular complexity index is 573. The summed E-state index contributed by atoms with van der Waals surface area (Å²) in [6.07, 6.45) is 0. The van der Waals surface area contributed by atoms with Crippen molar-refractivity contribution in [2.45, 2.75) is 6.92 Å². The van der Waals surface area contributed by atoms with Crippen molar-refractivity contribution in [3.05, 3.63) is 47.5 Å². The second kappa shape index (κ2) is 4.64. The Hall–Kier alpha value is -2.10. The van der Waals surface area contributed by atoms with Gasteiger partial charge in [-0.05, 0) is 30.2 Å². The minimum absolute atomic E-state index is 0.0618. The third-order valence-corrected chi connectivity index (χ3v) is 2.77. The molecule has 18 heavy (non-hydrogen) atoms. The monoisotopic (exact) mass is 249 g/mol. The number of hydrogen-bond donors (Lipinski definition) is 1. The molecule has 0 spiro atoms. The van der Waals surface area contributed by atoms with Crippen molar-refractivity contribution >= 4 is 5.69 Å². The van der Waals surface area contributed by atoms with E-state index in [1.54, 1.807) is 25.1 Å². The van der Waals surface area contributed by atoms with E-state index in [1.165, 1.54) is 7.11 Å². The number of hydrogen-bond acceptors (Lipinski definition) is 2. The highest BCUT2D eigenvalue weighted by Crippen LogP contribution is 2.32. The van der Waals surface area contributed by atoms with Gasteiger partial charge < -0.3 is 10.5 Å². The van der Waals surface area contributed by atoms with Crippen LogP contribution in [0.4, 0.5) is 14.5 Å². The third kappa shape index (κ3) is 2.14. The average Bonchev–Trinajstić information content (AvgIpc) is 2.30. The number of aryl methyl sites for hydroxylation is 1. The van der Waals surface area contributed by atoms with Crippen molar-refractivity contribution < 1.29 is 13.5 Å². The molecule has 0 aliphatic carbocycles. The van der Waals surface area contributed by atoms with Gasteiger partial charge in [-0.3, -0.25) is 0 Å². The molecule has 0 saturated carbocycles. The minimum Gasteiger partial charge on any atom is -0.497 e. The summed E-state index contributed by atoms with van der Waals surface area (Å²) in [5.41, 5.74) is 7.33. The summed E-state index contributed by atoms with van der Waals surface area (Å²) in [7, 11) is 1.36. The van der Waals surface area contributed by atoms with Crippen LogP contribution in [0.2, 0.25) is 0 Å². The van der Waals surface area contributed by atoms with Crippen LogP contribution >= 0.6 is 0 Å². The van der Waals surface area contributed by atoms with E-state index in [4.69, 9.17) is 10.5 Å². The van der Waals surface area contributed by atoms with E-state index in [1.807, 2.05) is 0 Å². The predicted octanol–water partition coefficient (Wildman–Crippen LogP) is 3.53. The van der Waals surface area contributed by atoms with E-state index in [0.717, 1.165) is 17.7 Å². The van der Waals surface area contributed by atoms with Crippen LogP contribution in [0.15, 0.2) is 30.3 Å². The lowest BCUT2D eigenvalue weighted by molar-refractivity contribution is 0.407. The summed E-state index contributed by atoms with van der Waals surface area (Å²) >= 11 is 0. The standard InChI is InChI=1S/C14H13F2NO/c1-8-5-9(17)3-4-11(8)14-12(15)6-10(18-2)7-13(14)16/h3-7H,17H2,1-2H3. The van der Waals surface area contributed by atoms with Crippen molar-refractivity contribution in [3.8, 4) is 16.9 Å². The highest BCUT2D eigenvalue weighted by Gasteiger charge is 2.15. The first-order valence-corrected chi connectivity index (χ1v) is 5.42. The molecule has 94 valence electrons. The van der Waals surface area contributed by atoms with Gasteiger partial charge in [0, 0.05) is 17.8 Å². The molecule has 0 bridgehead atoms. The maximum atomic E-state index is 13.9. The second-order valence-electron chi connectivity index (χ2n) is 4.04. The smallest absolute Gasteiger partial charge is 0.137 e. The number of benzene rings is 2. The topological polar surface area (TPSA) is 35.2 Å². The number of methoxy groups -OCH3 is 1. The molecule has 0 aromatic heterocycles. The summed E-state index contributed by atoms with van der Waals surface area (Å²) < 4.78 is 32.6. The van der Waals surface area contributed by atoms with E-state index in [2.05, 4.69) is 0 Å². The van der Waals surface area contributed by atoms with E-state index in [-0.39, 0.29) is 11.3 Å². The van der Waals surface area contributed by atoms with Crippen molar-refractivity contribution in [3.63, 3.8) is 0 Å². The molecular formula is C14H13F2NO. The summed E-state index contributed by atoms with van der Waals surface area (Å²) in [4.78, 5) is 0. The number of rotatable bonds is 2. The molecule has 0 aliphatic rings. The van der Waals surface area contributed by atoms with Crippen molar-refractivity contribution in [2.24, 2.45) is 0 Å². The van der Waals surface area contributed by atoms with Crippen LogP contribution in [0.5, 0.6) is 5.75 Å². The minimum atomic E-state index is -0.653. The van der Waals surface area contributed by atoms with Crippen LogP contribution in [0, 0.1) is 18.6 Å². The van der Waals surface area contributed by atoms with E-state index in [0.29, 0.717) is 11.3 Å². The van der Waals surface area contributed by atoms with E-state index >= 15 is 0 Å². The highest BCUT2D eigenvalue weighted by molar-refractivity contribution is 5.71. The van der Waals surface area contributed by atoms with Gasteiger partial charge in [0.05, 0.1) is 12.7 Å². The zero-order chi connectivity index (χ0) is 13.3. The van der Waals surface area contributed by atoms with E-state index < -0.39 is 11.6 Å². The zero-order valence-corrected chi connectivity index (χ0v) is 10.1. The van der Waals surface area contributed by atoms with Gasteiger partial charge in [-0.2, -0.15) is 0 Å². The first-order valence-electron chi connectivity index (χ1n) is 5.42. The molecule has 2 aromatic carbocycles. The molecule has 2 aromatic rings. The largest absolute Gasteiger partial charge is 0.497 e. The van der Waals surface area contributed by atoms with Gasteiger partial charge in [0.1, 0.15) is 17.4 Å². The van der Waals surface area contributed by atoms with Gasteiger partial charge in [0.25, 0.3) is 0 Å². The van der Waals surface area contributed by atoms with Gasteiger partial charge in [0.2, 0.25) is 0 Å². The van der Waals surface area contributed by atoms with Gasteiger partial charge in [-0.25, -0.2) is 8.78 Å². The molecular weight excluding hydrogens is 236 g/mol. The lowest BCUT2D eigenvalue weighted by Crippen LogP contribution is -1.96. The first-order chi connectivity index (χ1) is 8.52. The number of ether oxygens (including phenoxy) is 1. The van der Waals surface area contributed by atoms with Crippen LogP contribution in [0.1, 0.15) is 5.56 Å². The number of halogens is 2. The van der Waals surface area contributed by atoms with Crippen molar-refractivity contribution in [1.82, 2.24) is 0 Å². The molecule has 0 atom stereocenters. The molecule has 0 aliphatic heterocycles. The summed E-state index contributed by atoms with van der Waals surface area (Å²) in [6, 6.07) is 7.23. The highest BCUT2D eigenvalue weighted by atomic mass is 19.1. The third-order valence-electron chi connectivity index (χ3n) is 2.77. The number of nitrogen functional groups attached to an aromatic ring is 1. The van der Waals surface area contributed by atoms with Gasteiger partial charge in [-0.15, -0.1) is 0 Å². The molecule has 0 saturated heterocycles. The lowest BCUT2D eigenvalue weighted by Gasteiger charge is -2.11. The van der Waals surface area contributed by atoms with Crippen LogP contribution in [0.25, 0.3) is 11.1 Å². The first kappa shape index (κ1) is 12.4. The van der Waals surface area contributed by atoms with Crippen LogP contribution < -0.4 is 10.5 Å². The van der Waals surface area contributed by atoms with Gasteiger partial charge >= 0.3 is 0 Å². The predicted molar refractivity (Wildman–Crippen MR) is 67.5 cm³/mol. The molecule has 2 N–H and O–H groups in total. The Morgan fingerprint density at radius 3 is 2.17 bits per heavy atom. The molecule has 0 fully saturated rings. The SMILES string of the molecule is COc1cc(F)c(-c2ccc(N)cc2C)c(F)c1. The average molecular weight is 249 g/mol. The van der Waals surface area contributed by atoms with Crippen LogP contribution in [-0.2, 0) is 0 Å². The molecule has 0 unspecified atom stereocenters. The molecule has 4 heteroatoms. The molecule has 0 radical (unpaired) electrons. The maximum Gasteiger partial charge on any atom is 0.137 e. The fourth-order valence-electron chi connectivity index (χ4n) is 1.89. The lowest BCUT2D eigenvalue weighted by atomic mass is 9.99. The quantitative estimate of drug-likeness (QED) is 0.826. The normalized spacial score (nSPS) is 10.4. The summed E-state index contributed by atoms with van der Waals surface area (Å²) in [5, 5.41) is 0. The Balaban J connectivity index is 2.64. The van der Waals surface area contributed by atoms with Crippen LogP contribution in [0.3, 0.4) is 0 Å². The summed E-state index contributed by atoms with van der Waals surface area (Å²) in [6.45, 7) is 1.76. The van der Waals surface area contributed by atoms with Gasteiger partial charge in [0.15, 0.2) is 0 Å². The molecule has 0 heterocycles. The molecule has 2 nitrogen and oxygen atoms in total. The van der Waals surface area contributed by atoms with Crippen molar-refractivity contribution in [1.29, 1.82) is 0 Å². The molecule has 2 rings (SSSR count). The van der Waals surface area contributed by atoms with E-state index in [9.17, 15) is 8.78 Å². The van der Waals surface area contributed by atoms with Crippen LogP contribution in [-0.4, -0.2) is 7.11 Å². The number of anilines is 1. The number of nitrogens with two attached hydrogens (primary N) is 1. The molecule has 0 amide bonds. The fourth-order valence-corrected chi connectivity index (χ4v) is 1.89. The Kier molecular flexibility index (Phi) is 3.19. The summed E-state index contributed by atoms with van der Waals surface area (Å²) in [5.74, 6) is -1.15. The van der Waals surface area contributed by atoms with Gasteiger partial charge in [-0.1, -0.05) is 6.07 Å². The Morgan fingerprint density at radius 1 is 1.06 bits per heavy atom. The Labute approximate surface area is 104 Å². The maximum absolute atomic E-state index is 13.9. The Morgan fingerprint density at radius 2 is 1.67 bits per heavy atom. The second-order valence-corrected chi connectivity index (χ2v) is 4.04. The van der Waals surface area contributed by atoms with Crippen molar-refractivity contribution in [2.75, 3.05) is 12.8 Å².